The molecule has 0 saturated carbocycles. The number of anilines is 1. The second-order valence-corrected chi connectivity index (χ2v) is 6.01. The van der Waals surface area contributed by atoms with Gasteiger partial charge >= 0.3 is 6.09 Å². The van der Waals surface area contributed by atoms with Crippen molar-refractivity contribution in [1.82, 2.24) is 5.32 Å². The van der Waals surface area contributed by atoms with Crippen LogP contribution in [0.5, 0.6) is 5.75 Å². The predicted octanol–water partition coefficient (Wildman–Crippen LogP) is 2.90. The van der Waals surface area contributed by atoms with Crippen molar-refractivity contribution in [3.8, 4) is 5.75 Å². The molecule has 0 aliphatic carbocycles. The van der Waals surface area contributed by atoms with Gasteiger partial charge in [-0.3, -0.25) is 9.69 Å². The molecular formula is C19H18N2O4. The Morgan fingerprint density at radius 2 is 1.84 bits per heavy atom. The van der Waals surface area contributed by atoms with Crippen LogP contribution in [0.25, 0.3) is 0 Å². The fourth-order valence-electron chi connectivity index (χ4n) is 3.15. The Morgan fingerprint density at radius 3 is 2.60 bits per heavy atom. The van der Waals surface area contributed by atoms with Crippen LogP contribution >= 0.6 is 0 Å². The fourth-order valence-corrected chi connectivity index (χ4v) is 3.15. The van der Waals surface area contributed by atoms with Crippen molar-refractivity contribution in [3.05, 3.63) is 59.7 Å². The van der Waals surface area contributed by atoms with Crippen LogP contribution in [-0.2, 0) is 4.74 Å². The molecule has 2 amide bonds. The topological polar surface area (TPSA) is 67.9 Å². The third kappa shape index (κ3) is 3.03. The molecule has 1 saturated heterocycles. The Labute approximate surface area is 145 Å². The fraction of sp³-hybridized carbons (Fsp3) is 0.263. The van der Waals surface area contributed by atoms with Crippen molar-refractivity contribution in [1.29, 1.82) is 0 Å². The molecule has 0 radical (unpaired) electrons. The molecule has 2 heterocycles. The monoisotopic (exact) mass is 338 g/mol. The molecule has 2 aliphatic heterocycles. The summed E-state index contributed by atoms with van der Waals surface area (Å²) in [6, 6.07) is 14.7. The first-order valence-electron chi connectivity index (χ1n) is 8.29. The molecule has 2 aromatic rings. The minimum Gasteiger partial charge on any atom is -0.493 e. The molecule has 6 nitrogen and oxygen atoms in total. The molecular weight excluding hydrogens is 320 g/mol. The average Bonchev–Trinajstić information content (AvgIpc) is 3.08. The Bertz CT molecular complexity index is 803. The van der Waals surface area contributed by atoms with Gasteiger partial charge in [-0.05, 0) is 30.3 Å². The summed E-state index contributed by atoms with van der Waals surface area (Å²) >= 11 is 0. The van der Waals surface area contributed by atoms with Crippen LogP contribution < -0.4 is 15.0 Å². The van der Waals surface area contributed by atoms with Gasteiger partial charge in [0, 0.05) is 23.2 Å². The van der Waals surface area contributed by atoms with Crippen molar-refractivity contribution in [2.45, 2.75) is 12.5 Å². The number of benzene rings is 2. The maximum absolute atomic E-state index is 12.6. The first-order chi connectivity index (χ1) is 12.2. The third-order valence-electron chi connectivity index (χ3n) is 4.47. The molecule has 0 spiro atoms. The van der Waals surface area contributed by atoms with Gasteiger partial charge in [0.2, 0.25) is 0 Å². The van der Waals surface area contributed by atoms with Crippen LogP contribution in [0, 0.1) is 0 Å². The lowest BCUT2D eigenvalue weighted by molar-refractivity contribution is 0.0925. The lowest BCUT2D eigenvalue weighted by Gasteiger charge is -2.26. The van der Waals surface area contributed by atoms with Crippen LogP contribution in [0.1, 0.15) is 28.4 Å². The number of nitrogens with zero attached hydrogens (tertiary/aromatic N) is 1. The highest BCUT2D eigenvalue weighted by atomic mass is 16.6. The summed E-state index contributed by atoms with van der Waals surface area (Å²) in [5, 5.41) is 3.06. The first-order valence-corrected chi connectivity index (χ1v) is 8.29. The molecule has 6 heteroatoms. The van der Waals surface area contributed by atoms with E-state index in [0.29, 0.717) is 25.3 Å². The number of ether oxygens (including phenoxy) is 2. The van der Waals surface area contributed by atoms with Gasteiger partial charge in [0.15, 0.2) is 0 Å². The summed E-state index contributed by atoms with van der Waals surface area (Å²) < 4.78 is 10.6. The molecule has 1 atom stereocenters. The van der Waals surface area contributed by atoms with E-state index in [1.807, 2.05) is 24.3 Å². The number of amides is 2. The SMILES string of the molecule is O=C(NC1CCOc2ccccc21)c1ccc(N2CCOC2=O)cc1. The second-order valence-electron chi connectivity index (χ2n) is 6.01. The zero-order valence-corrected chi connectivity index (χ0v) is 13.6. The van der Waals surface area contributed by atoms with E-state index in [2.05, 4.69) is 5.32 Å². The van der Waals surface area contributed by atoms with Gasteiger partial charge in [0.25, 0.3) is 5.91 Å². The number of hydrogen-bond acceptors (Lipinski definition) is 4. The summed E-state index contributed by atoms with van der Waals surface area (Å²) in [5.74, 6) is 0.680. The highest BCUT2D eigenvalue weighted by Gasteiger charge is 2.25. The Kier molecular flexibility index (Phi) is 4.01. The van der Waals surface area contributed by atoms with Gasteiger partial charge in [-0.15, -0.1) is 0 Å². The van der Waals surface area contributed by atoms with Gasteiger partial charge in [-0.1, -0.05) is 18.2 Å². The van der Waals surface area contributed by atoms with Gasteiger partial charge in [0.05, 0.1) is 19.2 Å². The summed E-state index contributed by atoms with van der Waals surface area (Å²) in [7, 11) is 0. The van der Waals surface area contributed by atoms with Crippen molar-refractivity contribution < 1.29 is 19.1 Å². The minimum absolute atomic E-state index is 0.0642. The van der Waals surface area contributed by atoms with E-state index in [0.717, 1.165) is 23.4 Å². The van der Waals surface area contributed by atoms with Crippen LogP contribution in [0.3, 0.4) is 0 Å². The predicted molar refractivity (Wildman–Crippen MR) is 91.9 cm³/mol. The number of para-hydroxylation sites is 1. The zero-order chi connectivity index (χ0) is 17.2. The average molecular weight is 338 g/mol. The van der Waals surface area contributed by atoms with E-state index in [-0.39, 0.29) is 18.0 Å². The van der Waals surface area contributed by atoms with Crippen molar-refractivity contribution in [2.24, 2.45) is 0 Å². The van der Waals surface area contributed by atoms with Gasteiger partial charge in [-0.2, -0.15) is 0 Å². The minimum atomic E-state index is -0.351. The van der Waals surface area contributed by atoms with Crippen molar-refractivity contribution in [2.75, 3.05) is 24.7 Å². The molecule has 2 aromatic carbocycles. The van der Waals surface area contributed by atoms with E-state index in [9.17, 15) is 9.59 Å². The Balaban J connectivity index is 1.48. The molecule has 0 aromatic heterocycles. The number of carbonyl (C=O) groups excluding carboxylic acids is 2. The molecule has 4 rings (SSSR count). The van der Waals surface area contributed by atoms with Gasteiger partial charge in [-0.25, -0.2) is 4.79 Å². The summed E-state index contributed by atoms with van der Waals surface area (Å²) in [6.07, 6.45) is 0.386. The molecule has 2 aliphatic rings. The van der Waals surface area contributed by atoms with E-state index in [1.165, 1.54) is 0 Å². The number of cyclic esters (lactones) is 1. The van der Waals surface area contributed by atoms with Crippen molar-refractivity contribution in [3.63, 3.8) is 0 Å². The van der Waals surface area contributed by atoms with E-state index >= 15 is 0 Å². The summed E-state index contributed by atoms with van der Waals surface area (Å²) in [5.41, 5.74) is 2.29. The lowest BCUT2D eigenvalue weighted by Crippen LogP contribution is -2.32. The van der Waals surface area contributed by atoms with Gasteiger partial charge in [0.1, 0.15) is 12.4 Å². The highest BCUT2D eigenvalue weighted by molar-refractivity contribution is 5.96. The zero-order valence-electron chi connectivity index (χ0n) is 13.6. The van der Waals surface area contributed by atoms with Crippen LogP contribution in [0.4, 0.5) is 10.5 Å². The quantitative estimate of drug-likeness (QED) is 0.934. The standard InChI is InChI=1S/C19H18N2O4/c22-18(20-16-9-11-24-17-4-2-1-3-15(16)17)13-5-7-14(8-6-13)21-10-12-25-19(21)23/h1-8,16H,9-12H2,(H,20,22). The van der Waals surface area contributed by atoms with E-state index in [4.69, 9.17) is 9.47 Å². The molecule has 25 heavy (non-hydrogen) atoms. The number of nitrogens with one attached hydrogen (secondary N) is 1. The Morgan fingerprint density at radius 1 is 1.04 bits per heavy atom. The second kappa shape index (κ2) is 6.47. The summed E-state index contributed by atoms with van der Waals surface area (Å²) in [6.45, 7) is 1.51. The van der Waals surface area contributed by atoms with Crippen LogP contribution in [-0.4, -0.2) is 31.8 Å². The number of rotatable bonds is 3. The van der Waals surface area contributed by atoms with Crippen LogP contribution in [0.15, 0.2) is 48.5 Å². The lowest BCUT2D eigenvalue weighted by atomic mass is 10.00. The van der Waals surface area contributed by atoms with E-state index in [1.54, 1.807) is 29.2 Å². The summed E-state index contributed by atoms with van der Waals surface area (Å²) in [4.78, 5) is 25.7. The Hall–Kier alpha value is -3.02. The maximum atomic E-state index is 12.6. The van der Waals surface area contributed by atoms with Crippen LogP contribution in [0.2, 0.25) is 0 Å². The van der Waals surface area contributed by atoms with Gasteiger partial charge < -0.3 is 14.8 Å². The third-order valence-corrected chi connectivity index (χ3v) is 4.47. The normalized spacial score (nSPS) is 19.0. The number of carbonyl (C=O) groups is 2. The highest BCUT2D eigenvalue weighted by Crippen LogP contribution is 2.31. The number of hydrogen-bond donors (Lipinski definition) is 1. The largest absolute Gasteiger partial charge is 0.493 e. The molecule has 1 fully saturated rings. The maximum Gasteiger partial charge on any atom is 0.414 e. The molecule has 1 N–H and O–H groups in total. The molecule has 128 valence electrons. The van der Waals surface area contributed by atoms with E-state index < -0.39 is 0 Å². The first kappa shape index (κ1) is 15.5. The molecule has 0 bridgehead atoms. The molecule has 1 unspecified atom stereocenters. The number of fused-ring (bicyclic) bond motifs is 1. The smallest absolute Gasteiger partial charge is 0.414 e. The van der Waals surface area contributed by atoms with Crippen molar-refractivity contribution >= 4 is 17.7 Å².